The molecule has 3 rings (SSSR count). The van der Waals surface area contributed by atoms with Crippen LogP contribution in [0, 0.1) is 29.6 Å². The summed E-state index contributed by atoms with van der Waals surface area (Å²) in [7, 11) is 0. The van der Waals surface area contributed by atoms with Gasteiger partial charge in [0.25, 0.3) is 0 Å². The number of aromatic nitrogens is 1. The second-order valence-corrected chi connectivity index (χ2v) is 11.4. The number of carbonyl (C=O) groups is 2. The standard InChI is InChI=1S/C32H42N2O4/c1-6-7-14-24-30(37)22(3)12-10-11-21(2)16-18-27(26-19-17-23-13-8-9-15-25(23)33-26)34-29(36)20-28(35)32(4,5)31(24)38/h1,8-9,13,15-17,19,22,24,27-28,30,35,37H,7,10-12,14,18,20H2,2-5H3,(H,34,36)/b21-16+. The summed E-state index contributed by atoms with van der Waals surface area (Å²) >= 11 is 0. The van der Waals surface area contributed by atoms with E-state index in [1.54, 1.807) is 13.8 Å². The number of allylic oxidation sites excluding steroid dienone is 1. The fourth-order valence-corrected chi connectivity index (χ4v) is 5.24. The minimum absolute atomic E-state index is 0.103. The molecule has 1 amide bonds. The zero-order valence-electron chi connectivity index (χ0n) is 23.1. The first-order valence-electron chi connectivity index (χ1n) is 13.7. The van der Waals surface area contributed by atoms with E-state index in [0.717, 1.165) is 35.9 Å². The normalized spacial score (nSPS) is 29.2. The number of terminal acetylenes is 1. The number of para-hydroxylation sites is 1. The molecule has 0 fully saturated rings. The van der Waals surface area contributed by atoms with Crippen LogP contribution in [0.3, 0.4) is 0 Å². The van der Waals surface area contributed by atoms with Gasteiger partial charge in [-0.3, -0.25) is 14.6 Å². The second-order valence-electron chi connectivity index (χ2n) is 11.4. The number of pyridine rings is 1. The van der Waals surface area contributed by atoms with Crippen LogP contribution in [0.2, 0.25) is 0 Å². The van der Waals surface area contributed by atoms with E-state index in [1.807, 2.05) is 43.3 Å². The number of hydrogen-bond donors (Lipinski definition) is 3. The van der Waals surface area contributed by atoms with E-state index in [2.05, 4.69) is 24.2 Å². The number of fused-ring (bicyclic) bond motifs is 1. The third kappa shape index (κ3) is 7.30. The molecular formula is C32H42N2O4. The summed E-state index contributed by atoms with van der Waals surface area (Å²) in [6, 6.07) is 11.4. The van der Waals surface area contributed by atoms with Gasteiger partial charge in [-0.15, -0.1) is 12.3 Å². The van der Waals surface area contributed by atoms with Crippen molar-refractivity contribution < 1.29 is 19.8 Å². The average Bonchev–Trinajstić information content (AvgIpc) is 2.89. The quantitative estimate of drug-likeness (QED) is 0.379. The summed E-state index contributed by atoms with van der Waals surface area (Å²) < 4.78 is 0. The number of ketones is 1. The SMILES string of the molecule is C#CCCC1C(=O)C(C)(C)C(O)CC(=O)NC(c2ccc3ccccc3n2)C/C=C(\C)CCCC(C)C1O. The van der Waals surface area contributed by atoms with Crippen molar-refractivity contribution in [3.05, 3.63) is 53.7 Å². The Kier molecular flexibility index (Phi) is 10.2. The van der Waals surface area contributed by atoms with E-state index in [0.29, 0.717) is 19.3 Å². The van der Waals surface area contributed by atoms with Gasteiger partial charge in [0.2, 0.25) is 5.91 Å². The zero-order chi connectivity index (χ0) is 27.9. The van der Waals surface area contributed by atoms with Gasteiger partial charge in [-0.2, -0.15) is 0 Å². The summed E-state index contributed by atoms with van der Waals surface area (Å²) in [5.41, 5.74) is 1.56. The lowest BCUT2D eigenvalue weighted by molar-refractivity contribution is -0.144. The maximum Gasteiger partial charge on any atom is 0.223 e. The maximum absolute atomic E-state index is 13.7. The van der Waals surface area contributed by atoms with Gasteiger partial charge < -0.3 is 15.5 Å². The molecular weight excluding hydrogens is 476 g/mol. The van der Waals surface area contributed by atoms with Crippen molar-refractivity contribution >= 4 is 22.6 Å². The third-order valence-corrected chi connectivity index (χ3v) is 8.02. The minimum Gasteiger partial charge on any atom is -0.392 e. The molecule has 1 aliphatic rings. The number of nitrogens with zero attached hydrogens (tertiary/aromatic N) is 1. The van der Waals surface area contributed by atoms with Crippen LogP contribution in [-0.2, 0) is 9.59 Å². The molecule has 2 aromatic rings. The summed E-state index contributed by atoms with van der Waals surface area (Å²) in [5, 5.41) is 26.3. The van der Waals surface area contributed by atoms with Gasteiger partial charge in [-0.05, 0) is 57.1 Å². The Hall–Kier alpha value is -3.01. The largest absolute Gasteiger partial charge is 0.392 e. The summed E-state index contributed by atoms with van der Waals surface area (Å²) in [5.74, 6) is 1.15. The van der Waals surface area contributed by atoms with E-state index in [9.17, 15) is 19.8 Å². The number of Topliss-reactive ketones (excluding diaryl/α,β-unsaturated/α-hetero) is 1. The van der Waals surface area contributed by atoms with E-state index < -0.39 is 23.5 Å². The van der Waals surface area contributed by atoms with Crippen LogP contribution in [-0.4, -0.2) is 39.1 Å². The van der Waals surface area contributed by atoms with Crippen LogP contribution in [0.15, 0.2) is 48.0 Å². The lowest BCUT2D eigenvalue weighted by Crippen LogP contribution is -2.47. The third-order valence-electron chi connectivity index (χ3n) is 8.02. The van der Waals surface area contributed by atoms with E-state index >= 15 is 0 Å². The first-order valence-corrected chi connectivity index (χ1v) is 13.7. The predicted octanol–water partition coefficient (Wildman–Crippen LogP) is 5.29. The number of carbonyl (C=O) groups excluding carboxylic acids is 2. The predicted molar refractivity (Wildman–Crippen MR) is 151 cm³/mol. The molecule has 2 heterocycles. The number of aliphatic hydroxyl groups excluding tert-OH is 2. The van der Waals surface area contributed by atoms with E-state index in [-0.39, 0.29) is 30.1 Å². The highest BCUT2D eigenvalue weighted by Crippen LogP contribution is 2.34. The fourth-order valence-electron chi connectivity index (χ4n) is 5.24. The Morgan fingerprint density at radius 3 is 2.63 bits per heavy atom. The van der Waals surface area contributed by atoms with Crippen molar-refractivity contribution in [2.75, 3.05) is 0 Å². The highest BCUT2D eigenvalue weighted by Gasteiger charge is 2.43. The number of rotatable bonds is 3. The number of benzene rings is 1. The zero-order valence-corrected chi connectivity index (χ0v) is 23.1. The Bertz CT molecular complexity index is 1200. The molecule has 0 aliphatic carbocycles. The van der Waals surface area contributed by atoms with Gasteiger partial charge in [0, 0.05) is 17.7 Å². The van der Waals surface area contributed by atoms with Crippen molar-refractivity contribution in [1.29, 1.82) is 0 Å². The first kappa shape index (κ1) is 29.5. The molecule has 38 heavy (non-hydrogen) atoms. The lowest BCUT2D eigenvalue weighted by atomic mass is 9.71. The van der Waals surface area contributed by atoms with Crippen molar-refractivity contribution in [3.8, 4) is 12.3 Å². The molecule has 1 aliphatic heterocycles. The van der Waals surface area contributed by atoms with Crippen LogP contribution in [0.4, 0.5) is 0 Å². The average molecular weight is 519 g/mol. The molecule has 0 saturated carbocycles. The molecule has 1 aromatic heterocycles. The van der Waals surface area contributed by atoms with Crippen molar-refractivity contribution in [2.45, 2.75) is 90.9 Å². The number of nitrogens with one attached hydrogen (secondary N) is 1. The molecule has 0 saturated heterocycles. The minimum atomic E-state index is -1.23. The second kappa shape index (κ2) is 13.2. The van der Waals surface area contributed by atoms with E-state index in [1.165, 1.54) is 5.57 Å². The van der Waals surface area contributed by atoms with Crippen LogP contribution in [0.5, 0.6) is 0 Å². The summed E-state index contributed by atoms with van der Waals surface area (Å²) in [6.45, 7) is 7.32. The van der Waals surface area contributed by atoms with Gasteiger partial charge in [0.1, 0.15) is 5.78 Å². The van der Waals surface area contributed by atoms with Crippen molar-refractivity contribution in [3.63, 3.8) is 0 Å². The molecule has 6 heteroatoms. The highest BCUT2D eigenvalue weighted by molar-refractivity contribution is 5.88. The van der Waals surface area contributed by atoms with Crippen LogP contribution in [0.25, 0.3) is 10.9 Å². The molecule has 0 bridgehead atoms. The molecule has 204 valence electrons. The van der Waals surface area contributed by atoms with Gasteiger partial charge in [-0.1, -0.05) is 56.7 Å². The highest BCUT2D eigenvalue weighted by atomic mass is 16.3. The smallest absolute Gasteiger partial charge is 0.223 e. The fraction of sp³-hybridized carbons (Fsp3) is 0.531. The molecule has 3 N–H and O–H groups in total. The molecule has 0 radical (unpaired) electrons. The number of aliphatic hydroxyl groups is 2. The maximum atomic E-state index is 13.7. The van der Waals surface area contributed by atoms with Crippen LogP contribution >= 0.6 is 0 Å². The molecule has 0 spiro atoms. The van der Waals surface area contributed by atoms with Crippen molar-refractivity contribution in [1.82, 2.24) is 10.3 Å². The van der Waals surface area contributed by atoms with Gasteiger partial charge >= 0.3 is 0 Å². The Morgan fingerprint density at radius 1 is 1.16 bits per heavy atom. The van der Waals surface area contributed by atoms with Crippen molar-refractivity contribution in [2.24, 2.45) is 17.3 Å². The lowest BCUT2D eigenvalue weighted by Gasteiger charge is -2.36. The molecule has 1 aromatic carbocycles. The Morgan fingerprint density at radius 2 is 1.89 bits per heavy atom. The Labute approximate surface area is 226 Å². The first-order chi connectivity index (χ1) is 18.0. The topological polar surface area (TPSA) is 99.5 Å². The molecule has 5 unspecified atom stereocenters. The van der Waals surface area contributed by atoms with Crippen LogP contribution < -0.4 is 5.32 Å². The number of amides is 1. The molecule has 6 nitrogen and oxygen atoms in total. The van der Waals surface area contributed by atoms with E-state index in [4.69, 9.17) is 11.4 Å². The Balaban J connectivity index is 1.93. The van der Waals surface area contributed by atoms with Gasteiger partial charge in [-0.25, -0.2) is 0 Å². The number of hydrogen-bond acceptors (Lipinski definition) is 5. The molecule has 5 atom stereocenters. The van der Waals surface area contributed by atoms with Gasteiger partial charge in [0.15, 0.2) is 0 Å². The van der Waals surface area contributed by atoms with Crippen LogP contribution in [0.1, 0.15) is 84.4 Å². The summed E-state index contributed by atoms with van der Waals surface area (Å²) in [6.07, 6.45) is 9.04. The monoisotopic (exact) mass is 518 g/mol. The summed E-state index contributed by atoms with van der Waals surface area (Å²) in [4.78, 5) is 31.6. The van der Waals surface area contributed by atoms with Gasteiger partial charge in [0.05, 0.1) is 41.3 Å².